The van der Waals surface area contributed by atoms with E-state index in [2.05, 4.69) is 0 Å². The molecule has 5 heteroatoms. The molecule has 0 fully saturated rings. The van der Waals surface area contributed by atoms with Gasteiger partial charge in [-0.25, -0.2) is 0 Å². The van der Waals surface area contributed by atoms with Crippen molar-refractivity contribution < 1.29 is 9.34 Å². The predicted molar refractivity (Wildman–Crippen MR) is 63.4 cm³/mol. The van der Waals surface area contributed by atoms with Gasteiger partial charge in [0.1, 0.15) is 11.5 Å². The third-order valence-corrected chi connectivity index (χ3v) is 2.63. The van der Waals surface area contributed by atoms with E-state index in [1.54, 1.807) is 31.2 Å². The van der Waals surface area contributed by atoms with Crippen LogP contribution in [-0.4, -0.2) is 4.92 Å². The summed E-state index contributed by atoms with van der Waals surface area (Å²) in [5.41, 5.74) is 6.86. The Balaban J connectivity index is 2.52. The molecule has 0 spiro atoms. The lowest BCUT2D eigenvalue weighted by atomic mass is 10.1. The molecule has 1 heterocycles. The van der Waals surface area contributed by atoms with Crippen LogP contribution in [0.3, 0.4) is 0 Å². The minimum absolute atomic E-state index is 0.0909. The second kappa shape index (κ2) is 4.39. The van der Waals surface area contributed by atoms with Crippen molar-refractivity contribution in [3.05, 3.63) is 51.8 Å². The topological polar surface area (TPSA) is 82.3 Å². The number of benzene rings is 1. The van der Waals surface area contributed by atoms with Crippen LogP contribution in [0, 0.1) is 17.0 Å². The molecule has 2 aromatic rings. The highest BCUT2D eigenvalue weighted by molar-refractivity contribution is 5.67. The van der Waals surface area contributed by atoms with Crippen molar-refractivity contribution in [2.24, 2.45) is 5.73 Å². The standard InChI is InChI=1S/C12H12N2O3/c1-8-10(3-2-4-11(8)14(15)16)12-6-5-9(7-13)17-12/h2-6H,7,13H2,1H3. The van der Waals surface area contributed by atoms with Crippen LogP contribution in [0.2, 0.25) is 0 Å². The monoisotopic (exact) mass is 232 g/mol. The van der Waals surface area contributed by atoms with Crippen LogP contribution in [-0.2, 0) is 6.54 Å². The molecular weight excluding hydrogens is 220 g/mol. The molecule has 0 unspecified atom stereocenters. The molecule has 0 aliphatic carbocycles. The molecule has 1 aromatic heterocycles. The van der Waals surface area contributed by atoms with Crippen LogP contribution in [0.15, 0.2) is 34.7 Å². The van der Waals surface area contributed by atoms with Crippen LogP contribution >= 0.6 is 0 Å². The van der Waals surface area contributed by atoms with E-state index in [1.807, 2.05) is 0 Å². The smallest absolute Gasteiger partial charge is 0.273 e. The Hall–Kier alpha value is -2.14. The lowest BCUT2D eigenvalue weighted by Crippen LogP contribution is -1.94. The molecule has 88 valence electrons. The Kier molecular flexibility index (Phi) is 2.93. The van der Waals surface area contributed by atoms with Crippen molar-refractivity contribution in [3.63, 3.8) is 0 Å². The van der Waals surface area contributed by atoms with Gasteiger partial charge in [-0.05, 0) is 19.1 Å². The molecular formula is C12H12N2O3. The van der Waals surface area contributed by atoms with Gasteiger partial charge < -0.3 is 10.2 Å². The summed E-state index contributed by atoms with van der Waals surface area (Å²) < 4.78 is 5.49. The maximum atomic E-state index is 10.8. The summed E-state index contributed by atoms with van der Waals surface area (Å²) in [4.78, 5) is 10.4. The minimum atomic E-state index is -0.397. The Morgan fingerprint density at radius 3 is 2.71 bits per heavy atom. The van der Waals surface area contributed by atoms with Gasteiger partial charge in [0.25, 0.3) is 5.69 Å². The minimum Gasteiger partial charge on any atom is -0.460 e. The second-order valence-electron chi connectivity index (χ2n) is 3.68. The second-order valence-corrected chi connectivity index (χ2v) is 3.68. The van der Waals surface area contributed by atoms with Crippen molar-refractivity contribution in [1.82, 2.24) is 0 Å². The number of nitrogens with two attached hydrogens (primary N) is 1. The molecule has 0 atom stereocenters. The van der Waals surface area contributed by atoms with Crippen molar-refractivity contribution >= 4 is 5.69 Å². The highest BCUT2D eigenvalue weighted by Gasteiger charge is 2.16. The van der Waals surface area contributed by atoms with Crippen LogP contribution in [0.25, 0.3) is 11.3 Å². The van der Waals surface area contributed by atoms with Gasteiger partial charge in [-0.3, -0.25) is 10.1 Å². The third kappa shape index (κ3) is 2.05. The van der Waals surface area contributed by atoms with E-state index >= 15 is 0 Å². The van der Waals surface area contributed by atoms with E-state index < -0.39 is 4.92 Å². The lowest BCUT2D eigenvalue weighted by Gasteiger charge is -2.03. The fourth-order valence-corrected chi connectivity index (χ4v) is 1.72. The molecule has 0 bridgehead atoms. The van der Waals surface area contributed by atoms with Crippen LogP contribution in [0.4, 0.5) is 5.69 Å². The average molecular weight is 232 g/mol. The SMILES string of the molecule is Cc1c(-c2ccc(CN)o2)cccc1[N+](=O)[O-]. The average Bonchev–Trinajstić information content (AvgIpc) is 2.77. The van der Waals surface area contributed by atoms with E-state index in [-0.39, 0.29) is 5.69 Å². The van der Waals surface area contributed by atoms with Gasteiger partial charge in [0.2, 0.25) is 0 Å². The summed E-state index contributed by atoms with van der Waals surface area (Å²) in [6, 6.07) is 8.46. The van der Waals surface area contributed by atoms with E-state index in [4.69, 9.17) is 10.2 Å². The van der Waals surface area contributed by atoms with Crippen molar-refractivity contribution in [1.29, 1.82) is 0 Å². The van der Waals surface area contributed by atoms with E-state index in [0.717, 1.165) is 5.56 Å². The van der Waals surface area contributed by atoms with Gasteiger partial charge in [0.15, 0.2) is 0 Å². The van der Waals surface area contributed by atoms with Crippen LogP contribution in [0.5, 0.6) is 0 Å². The summed E-state index contributed by atoms with van der Waals surface area (Å²) in [6.45, 7) is 2.02. The molecule has 0 aliphatic heterocycles. The normalized spacial score (nSPS) is 10.5. The molecule has 0 saturated carbocycles. The first-order valence-electron chi connectivity index (χ1n) is 5.16. The molecule has 0 saturated heterocycles. The summed E-state index contributed by atoms with van der Waals surface area (Å²) in [7, 11) is 0. The zero-order chi connectivity index (χ0) is 12.4. The van der Waals surface area contributed by atoms with Crippen molar-refractivity contribution in [2.75, 3.05) is 0 Å². The zero-order valence-corrected chi connectivity index (χ0v) is 9.34. The zero-order valence-electron chi connectivity index (χ0n) is 9.34. The fourth-order valence-electron chi connectivity index (χ4n) is 1.72. The third-order valence-electron chi connectivity index (χ3n) is 2.63. The Morgan fingerprint density at radius 2 is 2.12 bits per heavy atom. The Morgan fingerprint density at radius 1 is 1.35 bits per heavy atom. The number of furan rings is 1. The number of nitro benzene ring substituents is 1. The molecule has 2 rings (SSSR count). The molecule has 2 N–H and O–H groups in total. The molecule has 0 aliphatic rings. The molecule has 1 aromatic carbocycles. The molecule has 5 nitrogen and oxygen atoms in total. The van der Waals surface area contributed by atoms with Crippen molar-refractivity contribution in [3.8, 4) is 11.3 Å². The molecule has 0 radical (unpaired) electrons. The largest absolute Gasteiger partial charge is 0.460 e. The maximum Gasteiger partial charge on any atom is 0.273 e. The first-order chi connectivity index (χ1) is 8.13. The van der Waals surface area contributed by atoms with Gasteiger partial charge >= 0.3 is 0 Å². The van der Waals surface area contributed by atoms with Gasteiger partial charge in [-0.1, -0.05) is 12.1 Å². The van der Waals surface area contributed by atoms with Gasteiger partial charge in [-0.2, -0.15) is 0 Å². The highest BCUT2D eigenvalue weighted by Crippen LogP contribution is 2.30. The predicted octanol–water partition coefficient (Wildman–Crippen LogP) is 2.62. The first kappa shape index (κ1) is 11.3. The van der Waals surface area contributed by atoms with E-state index in [1.165, 1.54) is 6.07 Å². The Labute approximate surface area is 98.0 Å². The van der Waals surface area contributed by atoms with Crippen LogP contribution in [0.1, 0.15) is 11.3 Å². The fraction of sp³-hybridized carbons (Fsp3) is 0.167. The summed E-state index contributed by atoms with van der Waals surface area (Å²) in [6.07, 6.45) is 0. The van der Waals surface area contributed by atoms with Gasteiger partial charge in [0, 0.05) is 17.2 Å². The van der Waals surface area contributed by atoms with E-state index in [9.17, 15) is 10.1 Å². The van der Waals surface area contributed by atoms with Crippen LogP contribution < -0.4 is 5.73 Å². The van der Waals surface area contributed by atoms with E-state index in [0.29, 0.717) is 23.6 Å². The summed E-state index contributed by atoms with van der Waals surface area (Å²) in [5, 5.41) is 10.8. The summed E-state index contributed by atoms with van der Waals surface area (Å²) >= 11 is 0. The number of nitrogens with zero attached hydrogens (tertiary/aromatic N) is 1. The number of hydrogen-bond acceptors (Lipinski definition) is 4. The van der Waals surface area contributed by atoms with Gasteiger partial charge in [-0.15, -0.1) is 0 Å². The number of hydrogen-bond donors (Lipinski definition) is 1. The maximum absolute atomic E-state index is 10.8. The first-order valence-corrected chi connectivity index (χ1v) is 5.16. The molecule has 0 amide bonds. The highest BCUT2D eigenvalue weighted by atomic mass is 16.6. The molecule has 17 heavy (non-hydrogen) atoms. The number of nitro groups is 1. The van der Waals surface area contributed by atoms with Crippen molar-refractivity contribution in [2.45, 2.75) is 13.5 Å². The summed E-state index contributed by atoms with van der Waals surface area (Å²) in [5.74, 6) is 1.26. The van der Waals surface area contributed by atoms with Gasteiger partial charge in [0.05, 0.1) is 11.5 Å². The Bertz CT molecular complexity index is 561. The lowest BCUT2D eigenvalue weighted by molar-refractivity contribution is -0.385. The quantitative estimate of drug-likeness (QED) is 0.651. The number of rotatable bonds is 3.